The number of piperidine rings is 1. The van der Waals surface area contributed by atoms with E-state index in [9.17, 15) is 4.79 Å². The van der Waals surface area contributed by atoms with Gasteiger partial charge >= 0.3 is 5.97 Å². The quantitative estimate of drug-likeness (QED) is 0.616. The number of rotatable bonds is 6. The van der Waals surface area contributed by atoms with E-state index in [0.717, 1.165) is 37.5 Å². The van der Waals surface area contributed by atoms with Crippen molar-refractivity contribution in [1.82, 2.24) is 19.7 Å². The third kappa shape index (κ3) is 4.70. The SMILES string of the molecule is CCOC(=O)C1CCN(Cn2[nH]c(C=Cc3ccc(C)o3)nc2=S)CC1. The Morgan fingerprint density at radius 1 is 1.42 bits per heavy atom. The van der Waals surface area contributed by atoms with E-state index in [4.69, 9.17) is 21.4 Å². The maximum Gasteiger partial charge on any atom is 0.309 e. The molecule has 1 N–H and O–H groups in total. The summed E-state index contributed by atoms with van der Waals surface area (Å²) in [4.78, 5) is 18.4. The second-order valence-electron chi connectivity index (χ2n) is 6.39. The Morgan fingerprint density at radius 3 is 2.85 bits per heavy atom. The zero-order valence-electron chi connectivity index (χ0n) is 15.1. The molecule has 1 aliphatic rings. The molecule has 7 nitrogen and oxygen atoms in total. The summed E-state index contributed by atoms with van der Waals surface area (Å²) in [5, 5.41) is 3.20. The van der Waals surface area contributed by atoms with Crippen LogP contribution >= 0.6 is 12.2 Å². The van der Waals surface area contributed by atoms with Crippen LogP contribution in [0.15, 0.2) is 16.5 Å². The minimum absolute atomic E-state index is 0.0104. The fourth-order valence-electron chi connectivity index (χ4n) is 3.02. The molecule has 0 amide bonds. The van der Waals surface area contributed by atoms with Gasteiger partial charge in [-0.15, -0.1) is 0 Å². The predicted octanol–water partition coefficient (Wildman–Crippen LogP) is 3.25. The number of furan rings is 1. The van der Waals surface area contributed by atoms with Crippen LogP contribution in [0.4, 0.5) is 0 Å². The number of aryl methyl sites for hydroxylation is 1. The molecule has 26 heavy (non-hydrogen) atoms. The summed E-state index contributed by atoms with van der Waals surface area (Å²) in [7, 11) is 0. The fraction of sp³-hybridized carbons (Fsp3) is 0.500. The van der Waals surface area contributed by atoms with E-state index in [1.807, 2.05) is 42.8 Å². The van der Waals surface area contributed by atoms with Crippen LogP contribution in [0, 0.1) is 17.6 Å². The molecule has 0 unspecified atom stereocenters. The van der Waals surface area contributed by atoms with Gasteiger partial charge in [-0.3, -0.25) is 14.8 Å². The van der Waals surface area contributed by atoms with Gasteiger partial charge in [-0.1, -0.05) is 0 Å². The van der Waals surface area contributed by atoms with Gasteiger partial charge in [0.1, 0.15) is 17.3 Å². The lowest BCUT2D eigenvalue weighted by atomic mass is 9.97. The normalized spacial score (nSPS) is 16.4. The summed E-state index contributed by atoms with van der Waals surface area (Å²) in [5.74, 6) is 2.26. The third-order valence-corrected chi connectivity index (χ3v) is 4.72. The topological polar surface area (TPSA) is 76.3 Å². The molecule has 0 atom stereocenters. The summed E-state index contributed by atoms with van der Waals surface area (Å²) >= 11 is 5.34. The molecular weight excluding hydrogens is 352 g/mol. The number of carbonyl (C=O) groups is 1. The first-order valence-electron chi connectivity index (χ1n) is 8.85. The van der Waals surface area contributed by atoms with Gasteiger partial charge in [0.2, 0.25) is 4.77 Å². The first-order valence-corrected chi connectivity index (χ1v) is 9.26. The van der Waals surface area contributed by atoms with Gasteiger partial charge in [-0.25, -0.2) is 4.68 Å². The number of aromatic nitrogens is 3. The van der Waals surface area contributed by atoms with Crippen LogP contribution < -0.4 is 0 Å². The van der Waals surface area contributed by atoms with Crippen LogP contribution in [0.1, 0.15) is 37.1 Å². The number of nitrogens with one attached hydrogen (secondary N) is 1. The van der Waals surface area contributed by atoms with E-state index in [0.29, 0.717) is 23.9 Å². The number of carbonyl (C=O) groups excluding carboxylic acids is 1. The van der Waals surface area contributed by atoms with Crippen molar-refractivity contribution in [3.63, 3.8) is 0 Å². The van der Waals surface area contributed by atoms with Crippen molar-refractivity contribution < 1.29 is 13.9 Å². The monoisotopic (exact) mass is 376 g/mol. The van der Waals surface area contributed by atoms with Crippen LogP contribution in [0.5, 0.6) is 0 Å². The highest BCUT2D eigenvalue weighted by Gasteiger charge is 2.26. The molecule has 3 heterocycles. The fourth-order valence-corrected chi connectivity index (χ4v) is 3.22. The Hall–Kier alpha value is -2.19. The third-order valence-electron chi connectivity index (χ3n) is 4.41. The van der Waals surface area contributed by atoms with Crippen molar-refractivity contribution in [2.45, 2.75) is 33.4 Å². The van der Waals surface area contributed by atoms with Crippen molar-refractivity contribution in [3.05, 3.63) is 34.2 Å². The maximum absolute atomic E-state index is 11.8. The summed E-state index contributed by atoms with van der Waals surface area (Å²) in [6, 6.07) is 3.82. The van der Waals surface area contributed by atoms with Crippen molar-refractivity contribution in [1.29, 1.82) is 0 Å². The van der Waals surface area contributed by atoms with E-state index >= 15 is 0 Å². The summed E-state index contributed by atoms with van der Waals surface area (Å²) < 4.78 is 13.0. The number of likely N-dealkylation sites (tertiary alicyclic amines) is 1. The Morgan fingerprint density at radius 2 is 2.19 bits per heavy atom. The Balaban J connectivity index is 1.56. The molecule has 0 radical (unpaired) electrons. The number of H-pyrrole nitrogens is 1. The van der Waals surface area contributed by atoms with Gasteiger partial charge in [-0.05, 0) is 63.2 Å². The molecule has 0 saturated carbocycles. The van der Waals surface area contributed by atoms with E-state index < -0.39 is 0 Å². The number of esters is 1. The van der Waals surface area contributed by atoms with Crippen molar-refractivity contribution in [3.8, 4) is 0 Å². The van der Waals surface area contributed by atoms with Gasteiger partial charge < -0.3 is 9.15 Å². The lowest BCUT2D eigenvalue weighted by Gasteiger charge is -2.30. The molecule has 1 fully saturated rings. The number of nitrogens with zero attached hydrogens (tertiary/aromatic N) is 3. The molecule has 1 aliphatic heterocycles. The lowest BCUT2D eigenvalue weighted by molar-refractivity contribution is -0.149. The number of aromatic amines is 1. The average molecular weight is 376 g/mol. The molecule has 0 spiro atoms. The first kappa shape index (κ1) is 18.6. The highest BCUT2D eigenvalue weighted by atomic mass is 32.1. The van der Waals surface area contributed by atoms with Crippen molar-refractivity contribution >= 4 is 30.3 Å². The molecular formula is C18H24N4O3S. The summed E-state index contributed by atoms with van der Waals surface area (Å²) in [5.41, 5.74) is 0. The van der Waals surface area contributed by atoms with E-state index in [2.05, 4.69) is 15.0 Å². The second-order valence-corrected chi connectivity index (χ2v) is 6.75. The smallest absolute Gasteiger partial charge is 0.309 e. The van der Waals surface area contributed by atoms with E-state index in [1.165, 1.54) is 0 Å². The molecule has 0 aliphatic carbocycles. The standard InChI is InChI=1S/C18H24N4O3S/c1-3-24-17(23)14-8-10-21(11-9-14)12-22-18(26)19-16(20-22)7-6-15-5-4-13(2)25-15/h4-7,14H,3,8-12H2,1-2H3,(H,19,20,26). The Kier molecular flexibility index (Phi) is 6.05. The lowest BCUT2D eigenvalue weighted by Crippen LogP contribution is -2.38. The van der Waals surface area contributed by atoms with Gasteiger partial charge in [0, 0.05) is 13.1 Å². The largest absolute Gasteiger partial charge is 0.466 e. The van der Waals surface area contributed by atoms with Gasteiger partial charge in [0.25, 0.3) is 0 Å². The zero-order chi connectivity index (χ0) is 18.5. The van der Waals surface area contributed by atoms with Crippen LogP contribution in [0.2, 0.25) is 0 Å². The molecule has 2 aromatic rings. The molecule has 1 saturated heterocycles. The van der Waals surface area contributed by atoms with E-state index in [-0.39, 0.29) is 11.9 Å². The average Bonchev–Trinajstić information content (AvgIpc) is 3.19. The molecule has 3 rings (SSSR count). The van der Waals surface area contributed by atoms with E-state index in [1.54, 1.807) is 0 Å². The number of hydrogen-bond acceptors (Lipinski definition) is 6. The minimum atomic E-state index is -0.0779. The number of ether oxygens (including phenoxy) is 1. The molecule has 140 valence electrons. The highest BCUT2D eigenvalue weighted by molar-refractivity contribution is 7.71. The zero-order valence-corrected chi connectivity index (χ0v) is 15.9. The van der Waals surface area contributed by atoms with Crippen LogP contribution in [-0.4, -0.2) is 45.3 Å². The Labute approximate surface area is 157 Å². The highest BCUT2D eigenvalue weighted by Crippen LogP contribution is 2.19. The van der Waals surface area contributed by atoms with Crippen molar-refractivity contribution in [2.75, 3.05) is 19.7 Å². The molecule has 8 heteroatoms. The molecule has 0 bridgehead atoms. The van der Waals surface area contributed by atoms with Gasteiger partial charge in [0.05, 0.1) is 19.2 Å². The Bertz CT molecular complexity index is 828. The van der Waals surface area contributed by atoms with Crippen LogP contribution in [0.3, 0.4) is 0 Å². The van der Waals surface area contributed by atoms with Crippen LogP contribution in [0.25, 0.3) is 12.2 Å². The van der Waals surface area contributed by atoms with Crippen LogP contribution in [-0.2, 0) is 16.2 Å². The summed E-state index contributed by atoms with van der Waals surface area (Å²) in [6.45, 7) is 6.49. The predicted molar refractivity (Wildman–Crippen MR) is 101 cm³/mol. The summed E-state index contributed by atoms with van der Waals surface area (Å²) in [6.07, 6.45) is 5.32. The maximum atomic E-state index is 11.8. The van der Waals surface area contributed by atoms with Gasteiger partial charge in [0.15, 0.2) is 0 Å². The first-order chi connectivity index (χ1) is 12.5. The minimum Gasteiger partial charge on any atom is -0.466 e. The second kappa shape index (κ2) is 8.46. The molecule has 2 aromatic heterocycles. The van der Waals surface area contributed by atoms with Crippen molar-refractivity contribution in [2.24, 2.45) is 5.92 Å². The molecule has 0 aromatic carbocycles. The number of hydrogen-bond donors (Lipinski definition) is 1. The van der Waals surface area contributed by atoms with Gasteiger partial charge in [-0.2, -0.15) is 4.98 Å².